The highest BCUT2D eigenvalue weighted by molar-refractivity contribution is 5.80. The van der Waals surface area contributed by atoms with Crippen LogP contribution in [0, 0.1) is 13.8 Å². The van der Waals surface area contributed by atoms with Crippen molar-refractivity contribution in [3.8, 4) is 0 Å². The highest BCUT2D eigenvalue weighted by Gasteiger charge is 2.30. The van der Waals surface area contributed by atoms with Crippen LogP contribution in [0.5, 0.6) is 0 Å². The SMILES string of the molecule is Cc1nc(C)n([C@@H]2CCCN(C(=O)[C@@H](C)OC[C@H]3CCCO3)C2)n1. The van der Waals surface area contributed by atoms with E-state index in [-0.39, 0.29) is 18.1 Å². The Morgan fingerprint density at radius 1 is 1.38 bits per heavy atom. The van der Waals surface area contributed by atoms with Crippen LogP contribution in [0.2, 0.25) is 0 Å². The molecule has 0 unspecified atom stereocenters. The molecule has 0 aromatic carbocycles. The number of hydrogen-bond acceptors (Lipinski definition) is 5. The lowest BCUT2D eigenvalue weighted by Crippen LogP contribution is -2.46. The summed E-state index contributed by atoms with van der Waals surface area (Å²) in [7, 11) is 0. The predicted octanol–water partition coefficient (Wildman–Crippen LogP) is 1.64. The van der Waals surface area contributed by atoms with E-state index >= 15 is 0 Å². The van der Waals surface area contributed by atoms with E-state index in [2.05, 4.69) is 10.1 Å². The first-order valence-corrected chi connectivity index (χ1v) is 8.96. The van der Waals surface area contributed by atoms with E-state index in [1.54, 1.807) is 0 Å². The van der Waals surface area contributed by atoms with Gasteiger partial charge in [-0.05, 0) is 46.5 Å². The highest BCUT2D eigenvalue weighted by Crippen LogP contribution is 2.23. The minimum atomic E-state index is -0.425. The van der Waals surface area contributed by atoms with Crippen molar-refractivity contribution in [1.82, 2.24) is 19.7 Å². The van der Waals surface area contributed by atoms with Crippen molar-refractivity contribution in [1.29, 1.82) is 0 Å². The first kappa shape index (κ1) is 17.4. The molecule has 3 heterocycles. The second-order valence-corrected chi connectivity index (χ2v) is 6.84. The van der Waals surface area contributed by atoms with Crippen LogP contribution in [0.4, 0.5) is 0 Å². The number of nitrogens with zero attached hydrogens (tertiary/aromatic N) is 4. The molecular formula is C17H28N4O3. The lowest BCUT2D eigenvalue weighted by atomic mass is 10.1. The standard InChI is InChI=1S/C17H28N4O3/c1-12(24-11-16-7-5-9-23-16)17(22)20-8-4-6-15(10-20)21-14(3)18-13(2)19-21/h12,15-16H,4-11H2,1-3H3/t12-,15-,16-/m1/s1. The molecule has 0 bridgehead atoms. The summed E-state index contributed by atoms with van der Waals surface area (Å²) in [6.45, 7) is 8.48. The van der Waals surface area contributed by atoms with Gasteiger partial charge < -0.3 is 14.4 Å². The van der Waals surface area contributed by atoms with Crippen molar-refractivity contribution < 1.29 is 14.3 Å². The first-order valence-electron chi connectivity index (χ1n) is 8.96. The number of amides is 1. The largest absolute Gasteiger partial charge is 0.376 e. The summed E-state index contributed by atoms with van der Waals surface area (Å²) >= 11 is 0. The van der Waals surface area contributed by atoms with Gasteiger partial charge >= 0.3 is 0 Å². The summed E-state index contributed by atoms with van der Waals surface area (Å²) in [5.74, 6) is 1.76. The summed E-state index contributed by atoms with van der Waals surface area (Å²) in [6, 6.07) is 0.203. The molecule has 2 aliphatic heterocycles. The van der Waals surface area contributed by atoms with Crippen LogP contribution in [0.3, 0.4) is 0 Å². The van der Waals surface area contributed by atoms with E-state index in [1.807, 2.05) is 30.4 Å². The van der Waals surface area contributed by atoms with Gasteiger partial charge in [-0.15, -0.1) is 0 Å². The maximum Gasteiger partial charge on any atom is 0.251 e. The number of aromatic nitrogens is 3. The Morgan fingerprint density at radius 3 is 2.88 bits per heavy atom. The molecule has 1 aromatic heterocycles. The average molecular weight is 336 g/mol. The Morgan fingerprint density at radius 2 is 2.21 bits per heavy atom. The van der Waals surface area contributed by atoms with Crippen LogP contribution in [-0.4, -0.2) is 64.1 Å². The van der Waals surface area contributed by atoms with Crippen LogP contribution < -0.4 is 0 Å². The minimum Gasteiger partial charge on any atom is -0.376 e. The number of likely N-dealkylation sites (tertiary alicyclic amines) is 1. The molecule has 134 valence electrons. The van der Waals surface area contributed by atoms with Crippen molar-refractivity contribution in [3.05, 3.63) is 11.6 Å². The molecule has 0 N–H and O–H groups in total. The minimum absolute atomic E-state index is 0.0622. The van der Waals surface area contributed by atoms with E-state index in [0.717, 1.165) is 50.5 Å². The van der Waals surface area contributed by atoms with Crippen LogP contribution in [0.15, 0.2) is 0 Å². The third-order valence-electron chi connectivity index (χ3n) is 4.87. The molecule has 7 nitrogen and oxygen atoms in total. The van der Waals surface area contributed by atoms with Gasteiger partial charge in [-0.1, -0.05) is 0 Å². The maximum absolute atomic E-state index is 12.7. The number of carbonyl (C=O) groups excluding carboxylic acids is 1. The zero-order valence-corrected chi connectivity index (χ0v) is 14.9. The van der Waals surface area contributed by atoms with E-state index < -0.39 is 6.10 Å². The van der Waals surface area contributed by atoms with Crippen molar-refractivity contribution in [3.63, 3.8) is 0 Å². The Labute approximate surface area is 143 Å². The maximum atomic E-state index is 12.7. The molecule has 0 aliphatic carbocycles. The molecule has 2 aliphatic rings. The van der Waals surface area contributed by atoms with Gasteiger partial charge in [0.15, 0.2) is 0 Å². The quantitative estimate of drug-likeness (QED) is 0.818. The van der Waals surface area contributed by atoms with E-state index in [9.17, 15) is 4.79 Å². The van der Waals surface area contributed by atoms with Crippen LogP contribution >= 0.6 is 0 Å². The summed E-state index contributed by atoms with van der Waals surface area (Å²) in [5.41, 5.74) is 0. The second kappa shape index (κ2) is 7.61. The number of piperidine rings is 1. The van der Waals surface area contributed by atoms with Crippen LogP contribution in [0.1, 0.15) is 50.3 Å². The molecule has 3 rings (SSSR count). The zero-order valence-electron chi connectivity index (χ0n) is 14.9. The molecule has 1 amide bonds. The fourth-order valence-electron chi connectivity index (χ4n) is 3.59. The van der Waals surface area contributed by atoms with Gasteiger partial charge in [0.05, 0.1) is 18.8 Å². The van der Waals surface area contributed by atoms with Gasteiger partial charge in [0.25, 0.3) is 5.91 Å². The van der Waals surface area contributed by atoms with Gasteiger partial charge in [-0.3, -0.25) is 4.79 Å². The Balaban J connectivity index is 1.55. The number of rotatable bonds is 5. The first-order chi connectivity index (χ1) is 11.5. The zero-order chi connectivity index (χ0) is 17.1. The fourth-order valence-corrected chi connectivity index (χ4v) is 3.59. The van der Waals surface area contributed by atoms with Gasteiger partial charge in [-0.2, -0.15) is 5.10 Å². The third kappa shape index (κ3) is 3.95. The number of aryl methyl sites for hydroxylation is 2. The third-order valence-corrected chi connectivity index (χ3v) is 4.87. The number of carbonyl (C=O) groups is 1. The molecule has 2 fully saturated rings. The molecule has 7 heteroatoms. The molecule has 24 heavy (non-hydrogen) atoms. The van der Waals surface area contributed by atoms with E-state index in [1.165, 1.54) is 0 Å². The molecule has 0 radical (unpaired) electrons. The van der Waals surface area contributed by atoms with Crippen molar-refractivity contribution >= 4 is 5.91 Å². The lowest BCUT2D eigenvalue weighted by molar-refractivity contribution is -0.146. The smallest absolute Gasteiger partial charge is 0.251 e. The van der Waals surface area contributed by atoms with E-state index in [4.69, 9.17) is 9.47 Å². The summed E-state index contributed by atoms with van der Waals surface area (Å²) in [5, 5.41) is 4.48. The summed E-state index contributed by atoms with van der Waals surface area (Å²) < 4.78 is 13.3. The molecular weight excluding hydrogens is 308 g/mol. The van der Waals surface area contributed by atoms with Crippen molar-refractivity contribution in [2.24, 2.45) is 0 Å². The van der Waals surface area contributed by atoms with Crippen molar-refractivity contribution in [2.75, 3.05) is 26.3 Å². The highest BCUT2D eigenvalue weighted by atomic mass is 16.5. The molecule has 0 spiro atoms. The normalized spacial score (nSPS) is 25.9. The average Bonchev–Trinajstić information content (AvgIpc) is 3.21. The van der Waals surface area contributed by atoms with Crippen LogP contribution in [0.25, 0.3) is 0 Å². The van der Waals surface area contributed by atoms with Gasteiger partial charge in [0.2, 0.25) is 0 Å². The molecule has 3 atom stereocenters. The molecule has 1 aromatic rings. The second-order valence-electron chi connectivity index (χ2n) is 6.84. The number of ether oxygens (including phenoxy) is 2. The lowest BCUT2D eigenvalue weighted by Gasteiger charge is -2.34. The van der Waals surface area contributed by atoms with E-state index in [0.29, 0.717) is 13.2 Å². The van der Waals surface area contributed by atoms with Gasteiger partial charge in [0, 0.05) is 19.7 Å². The Hall–Kier alpha value is -1.47. The Kier molecular flexibility index (Phi) is 5.50. The van der Waals surface area contributed by atoms with Gasteiger partial charge in [-0.25, -0.2) is 9.67 Å². The van der Waals surface area contributed by atoms with Gasteiger partial charge in [0.1, 0.15) is 17.8 Å². The molecule has 2 saturated heterocycles. The Bertz CT molecular complexity index is 568. The number of hydrogen-bond donors (Lipinski definition) is 0. The molecule has 0 saturated carbocycles. The summed E-state index contributed by atoms with van der Waals surface area (Å²) in [4.78, 5) is 19.0. The predicted molar refractivity (Wildman–Crippen MR) is 88.7 cm³/mol. The topological polar surface area (TPSA) is 69.5 Å². The summed E-state index contributed by atoms with van der Waals surface area (Å²) in [6.07, 6.45) is 3.84. The van der Waals surface area contributed by atoms with Crippen molar-refractivity contribution in [2.45, 2.75) is 64.7 Å². The van der Waals surface area contributed by atoms with Crippen LogP contribution in [-0.2, 0) is 14.3 Å². The fraction of sp³-hybridized carbons (Fsp3) is 0.824. The monoisotopic (exact) mass is 336 g/mol.